The van der Waals surface area contributed by atoms with Crippen molar-refractivity contribution in [1.29, 1.82) is 0 Å². The summed E-state index contributed by atoms with van der Waals surface area (Å²) >= 11 is 0. The lowest BCUT2D eigenvalue weighted by Crippen LogP contribution is -2.18. The first-order valence-corrected chi connectivity index (χ1v) is 3.66. The summed E-state index contributed by atoms with van der Waals surface area (Å²) in [4.78, 5) is 10.7. The van der Waals surface area contributed by atoms with Crippen molar-refractivity contribution in [2.24, 2.45) is 5.73 Å². The smallest absolute Gasteiger partial charge is 0.224 e. The second-order valence-electron chi connectivity index (χ2n) is 2.68. The Kier molecular flexibility index (Phi) is 4.42. The molecule has 0 aliphatic heterocycles. The van der Waals surface area contributed by atoms with Crippen molar-refractivity contribution in [2.75, 3.05) is 0 Å². The largest absolute Gasteiger partial charge is 0.369 e. The van der Waals surface area contributed by atoms with Gasteiger partial charge in [0.1, 0.15) is 5.82 Å². The summed E-state index contributed by atoms with van der Waals surface area (Å²) in [5.74, 6) is -1.07. The SMILES string of the molecule is CC(C(N)=O)c1ccc(F)cc1.Cl. The van der Waals surface area contributed by atoms with Crippen LogP contribution in [0.15, 0.2) is 24.3 Å². The summed E-state index contributed by atoms with van der Waals surface area (Å²) in [6, 6.07) is 5.75. The van der Waals surface area contributed by atoms with Crippen LogP contribution in [-0.2, 0) is 4.79 Å². The van der Waals surface area contributed by atoms with Crippen LogP contribution < -0.4 is 5.73 Å². The van der Waals surface area contributed by atoms with Gasteiger partial charge < -0.3 is 5.73 Å². The summed E-state index contributed by atoms with van der Waals surface area (Å²) in [5.41, 5.74) is 5.81. The Bertz CT molecular complexity index is 286. The van der Waals surface area contributed by atoms with Gasteiger partial charge in [0, 0.05) is 0 Å². The van der Waals surface area contributed by atoms with Crippen LogP contribution in [0.25, 0.3) is 0 Å². The van der Waals surface area contributed by atoms with Crippen molar-refractivity contribution in [3.8, 4) is 0 Å². The van der Waals surface area contributed by atoms with Crippen LogP contribution >= 0.6 is 12.4 Å². The van der Waals surface area contributed by atoms with Crippen molar-refractivity contribution in [3.63, 3.8) is 0 Å². The first-order chi connectivity index (χ1) is 5.61. The predicted octanol–water partition coefficient (Wildman–Crippen LogP) is 1.84. The Labute approximate surface area is 82.3 Å². The molecule has 0 spiro atoms. The first kappa shape index (κ1) is 11.9. The number of carbonyl (C=O) groups is 1. The zero-order chi connectivity index (χ0) is 9.14. The quantitative estimate of drug-likeness (QED) is 0.783. The highest BCUT2D eigenvalue weighted by atomic mass is 35.5. The fourth-order valence-corrected chi connectivity index (χ4v) is 0.916. The average molecular weight is 204 g/mol. The molecule has 0 radical (unpaired) electrons. The van der Waals surface area contributed by atoms with Crippen LogP contribution in [0.1, 0.15) is 18.4 Å². The molecule has 2 nitrogen and oxygen atoms in total. The van der Waals surface area contributed by atoms with E-state index in [2.05, 4.69) is 0 Å². The van der Waals surface area contributed by atoms with Crippen LogP contribution in [0, 0.1) is 5.82 Å². The van der Waals surface area contributed by atoms with Crippen LogP contribution in [0.4, 0.5) is 4.39 Å². The second-order valence-corrected chi connectivity index (χ2v) is 2.68. The Morgan fingerprint density at radius 2 is 1.85 bits per heavy atom. The molecule has 13 heavy (non-hydrogen) atoms. The van der Waals surface area contributed by atoms with Crippen LogP contribution in [0.5, 0.6) is 0 Å². The van der Waals surface area contributed by atoms with E-state index in [0.717, 1.165) is 5.56 Å². The van der Waals surface area contributed by atoms with Gasteiger partial charge >= 0.3 is 0 Å². The number of primary amides is 1. The highest BCUT2D eigenvalue weighted by Crippen LogP contribution is 2.14. The number of hydrogen-bond acceptors (Lipinski definition) is 1. The molecule has 1 atom stereocenters. The standard InChI is InChI=1S/C9H10FNO.ClH/c1-6(9(11)12)7-2-4-8(10)5-3-7;/h2-6H,1H3,(H2,11,12);1H. The van der Waals surface area contributed by atoms with Gasteiger partial charge in [0.05, 0.1) is 5.92 Å². The number of halogens is 2. The topological polar surface area (TPSA) is 43.1 Å². The highest BCUT2D eigenvalue weighted by Gasteiger charge is 2.10. The van der Waals surface area contributed by atoms with Gasteiger partial charge in [-0.15, -0.1) is 12.4 Å². The average Bonchev–Trinajstić information content (AvgIpc) is 2.04. The van der Waals surface area contributed by atoms with Crippen LogP contribution in [-0.4, -0.2) is 5.91 Å². The maximum absolute atomic E-state index is 12.4. The van der Waals surface area contributed by atoms with Crippen molar-refractivity contribution in [1.82, 2.24) is 0 Å². The highest BCUT2D eigenvalue weighted by molar-refractivity contribution is 5.85. The van der Waals surface area contributed by atoms with Crippen molar-refractivity contribution in [2.45, 2.75) is 12.8 Å². The lowest BCUT2D eigenvalue weighted by molar-refractivity contribution is -0.119. The molecule has 1 unspecified atom stereocenters. The molecular weight excluding hydrogens is 193 g/mol. The minimum absolute atomic E-state index is 0. The van der Waals surface area contributed by atoms with E-state index in [-0.39, 0.29) is 24.1 Å². The summed E-state index contributed by atoms with van der Waals surface area (Å²) in [5, 5.41) is 0. The molecule has 2 N–H and O–H groups in total. The van der Waals surface area contributed by atoms with Crippen LogP contribution in [0.2, 0.25) is 0 Å². The molecule has 1 aromatic rings. The van der Waals surface area contributed by atoms with Gasteiger partial charge in [-0.1, -0.05) is 12.1 Å². The van der Waals surface area contributed by atoms with E-state index < -0.39 is 5.91 Å². The molecule has 1 amide bonds. The zero-order valence-corrected chi connectivity index (χ0v) is 7.98. The molecule has 1 aromatic carbocycles. The lowest BCUT2D eigenvalue weighted by Gasteiger charge is -2.05. The molecule has 0 aromatic heterocycles. The van der Waals surface area contributed by atoms with Gasteiger partial charge in [0.2, 0.25) is 5.91 Å². The van der Waals surface area contributed by atoms with Crippen LogP contribution in [0.3, 0.4) is 0 Å². The summed E-state index contributed by atoms with van der Waals surface area (Å²) in [6.07, 6.45) is 0. The molecule has 0 saturated heterocycles. The summed E-state index contributed by atoms with van der Waals surface area (Å²) in [6.45, 7) is 1.69. The van der Waals surface area contributed by atoms with E-state index in [4.69, 9.17) is 5.73 Å². The molecule has 4 heteroatoms. The minimum atomic E-state index is -0.401. The third-order valence-corrected chi connectivity index (χ3v) is 1.80. The maximum Gasteiger partial charge on any atom is 0.224 e. The van der Waals surface area contributed by atoms with Gasteiger partial charge in [-0.3, -0.25) is 4.79 Å². The monoisotopic (exact) mass is 203 g/mol. The van der Waals surface area contributed by atoms with E-state index in [0.29, 0.717) is 0 Å². The second kappa shape index (κ2) is 4.82. The van der Waals surface area contributed by atoms with E-state index in [1.54, 1.807) is 19.1 Å². The lowest BCUT2D eigenvalue weighted by atomic mass is 10.0. The fourth-order valence-electron chi connectivity index (χ4n) is 0.916. The molecular formula is C9H11ClFNO. The Balaban J connectivity index is 0.00000144. The van der Waals surface area contributed by atoms with E-state index >= 15 is 0 Å². The van der Waals surface area contributed by atoms with Gasteiger partial charge in [-0.05, 0) is 24.6 Å². The van der Waals surface area contributed by atoms with E-state index in [1.807, 2.05) is 0 Å². The summed E-state index contributed by atoms with van der Waals surface area (Å²) < 4.78 is 12.4. The third-order valence-electron chi connectivity index (χ3n) is 1.80. The first-order valence-electron chi connectivity index (χ1n) is 3.66. The fraction of sp³-hybridized carbons (Fsp3) is 0.222. The molecule has 1 rings (SSSR count). The number of benzene rings is 1. The normalized spacial score (nSPS) is 11.5. The van der Waals surface area contributed by atoms with Gasteiger partial charge in [0.15, 0.2) is 0 Å². The predicted molar refractivity (Wildman–Crippen MR) is 51.3 cm³/mol. The molecule has 0 aliphatic rings. The van der Waals surface area contributed by atoms with Crippen molar-refractivity contribution in [3.05, 3.63) is 35.6 Å². The van der Waals surface area contributed by atoms with Gasteiger partial charge in [-0.25, -0.2) is 4.39 Å². The maximum atomic E-state index is 12.4. The Morgan fingerprint density at radius 1 is 1.38 bits per heavy atom. The number of hydrogen-bond donors (Lipinski definition) is 1. The van der Waals surface area contributed by atoms with E-state index in [9.17, 15) is 9.18 Å². The summed E-state index contributed by atoms with van der Waals surface area (Å²) in [7, 11) is 0. The molecule has 0 bridgehead atoms. The van der Waals surface area contributed by atoms with Crippen molar-refractivity contribution < 1.29 is 9.18 Å². The molecule has 0 aliphatic carbocycles. The number of amides is 1. The molecule has 0 heterocycles. The Hall–Kier alpha value is -1.09. The van der Waals surface area contributed by atoms with Crippen molar-refractivity contribution >= 4 is 18.3 Å². The minimum Gasteiger partial charge on any atom is -0.369 e. The Morgan fingerprint density at radius 3 is 2.23 bits per heavy atom. The number of rotatable bonds is 2. The molecule has 72 valence electrons. The molecule has 0 fully saturated rings. The van der Waals surface area contributed by atoms with Gasteiger partial charge in [-0.2, -0.15) is 0 Å². The zero-order valence-electron chi connectivity index (χ0n) is 7.16. The van der Waals surface area contributed by atoms with E-state index in [1.165, 1.54) is 12.1 Å². The number of nitrogens with two attached hydrogens (primary N) is 1. The molecule has 0 saturated carbocycles. The third kappa shape index (κ3) is 3.03. The van der Waals surface area contributed by atoms with Gasteiger partial charge in [0.25, 0.3) is 0 Å². The number of carbonyl (C=O) groups excluding carboxylic acids is 1.